The Bertz CT molecular complexity index is 699. The lowest BCUT2D eigenvalue weighted by Crippen LogP contribution is -2.45. The first-order valence-electron chi connectivity index (χ1n) is 9.61. The lowest BCUT2D eigenvalue weighted by molar-refractivity contribution is -0.132. The third-order valence-corrected chi connectivity index (χ3v) is 5.90. The number of carbonyl (C=O) groups is 2. The van der Waals surface area contributed by atoms with Crippen molar-refractivity contribution in [1.29, 1.82) is 0 Å². The molecule has 6 heteroatoms. The van der Waals surface area contributed by atoms with Crippen LogP contribution in [0, 0.1) is 0 Å². The van der Waals surface area contributed by atoms with E-state index < -0.39 is 11.6 Å². The van der Waals surface area contributed by atoms with E-state index in [2.05, 4.69) is 17.4 Å². The molecule has 6 nitrogen and oxygen atoms in total. The summed E-state index contributed by atoms with van der Waals surface area (Å²) in [6, 6.07) is 7.85. The lowest BCUT2D eigenvalue weighted by atomic mass is 9.89. The summed E-state index contributed by atoms with van der Waals surface area (Å²) in [6.45, 7) is 0.101. The molecule has 2 unspecified atom stereocenters. The molecule has 1 saturated carbocycles. The minimum atomic E-state index is -0.879. The van der Waals surface area contributed by atoms with Gasteiger partial charge in [-0.25, -0.2) is 4.79 Å². The zero-order valence-electron chi connectivity index (χ0n) is 14.9. The fraction of sp³-hybridized carbons (Fsp3) is 0.600. The summed E-state index contributed by atoms with van der Waals surface area (Å²) in [6.07, 6.45) is 5.43. The Morgan fingerprint density at radius 1 is 1.23 bits per heavy atom. The molecular weight excluding hydrogens is 332 g/mol. The van der Waals surface area contributed by atoms with E-state index in [4.69, 9.17) is 4.74 Å². The van der Waals surface area contributed by atoms with E-state index in [1.54, 1.807) is 0 Å². The van der Waals surface area contributed by atoms with Gasteiger partial charge in [-0.1, -0.05) is 37.1 Å². The van der Waals surface area contributed by atoms with Gasteiger partial charge in [0.1, 0.15) is 5.54 Å². The smallest absolute Gasteiger partial charge is 0.325 e. The van der Waals surface area contributed by atoms with E-state index in [0.717, 1.165) is 37.0 Å². The number of hydrogen-bond acceptors (Lipinski definition) is 4. The second-order valence-electron chi connectivity index (χ2n) is 7.70. The molecule has 3 aliphatic rings. The molecule has 2 aliphatic carbocycles. The van der Waals surface area contributed by atoms with Crippen molar-refractivity contribution in [2.75, 3.05) is 13.2 Å². The highest BCUT2D eigenvalue weighted by atomic mass is 16.5. The van der Waals surface area contributed by atoms with Gasteiger partial charge in [-0.05, 0) is 43.2 Å². The summed E-state index contributed by atoms with van der Waals surface area (Å²) in [5.41, 5.74) is 1.77. The van der Waals surface area contributed by atoms with E-state index in [9.17, 15) is 14.7 Å². The van der Waals surface area contributed by atoms with Gasteiger partial charge >= 0.3 is 6.03 Å². The van der Waals surface area contributed by atoms with Crippen molar-refractivity contribution < 1.29 is 19.4 Å². The molecule has 2 fully saturated rings. The molecule has 1 spiro atoms. The van der Waals surface area contributed by atoms with Crippen LogP contribution in [0.15, 0.2) is 24.3 Å². The predicted octanol–water partition coefficient (Wildman–Crippen LogP) is 2.31. The Balaban J connectivity index is 1.34. The number of rotatable bonds is 5. The predicted molar refractivity (Wildman–Crippen MR) is 95.5 cm³/mol. The number of aliphatic hydroxyl groups excluding tert-OH is 1. The summed E-state index contributed by atoms with van der Waals surface area (Å²) in [5, 5.41) is 13.2. The van der Waals surface area contributed by atoms with Crippen LogP contribution in [-0.2, 0) is 16.0 Å². The number of hydrogen-bond donors (Lipinski definition) is 2. The van der Waals surface area contributed by atoms with Crippen LogP contribution in [0.5, 0.6) is 0 Å². The molecule has 1 aromatic carbocycles. The first-order chi connectivity index (χ1) is 12.6. The van der Waals surface area contributed by atoms with Crippen molar-refractivity contribution in [3.8, 4) is 0 Å². The third kappa shape index (κ3) is 3.12. The summed E-state index contributed by atoms with van der Waals surface area (Å²) < 4.78 is 5.95. The van der Waals surface area contributed by atoms with Crippen LogP contribution in [0.4, 0.5) is 4.79 Å². The molecule has 4 rings (SSSR count). The minimum Gasteiger partial charge on any atom is -0.389 e. The molecule has 140 valence electrons. The van der Waals surface area contributed by atoms with Crippen LogP contribution in [-0.4, -0.2) is 46.7 Å². The Hall–Kier alpha value is -1.92. The molecule has 1 saturated heterocycles. The number of nitrogens with one attached hydrogen (secondary N) is 1. The fourth-order valence-electron chi connectivity index (χ4n) is 4.53. The number of imide groups is 1. The highest BCUT2D eigenvalue weighted by Gasteiger charge is 2.52. The molecule has 1 heterocycles. The van der Waals surface area contributed by atoms with Crippen LogP contribution in [0.25, 0.3) is 0 Å². The maximum atomic E-state index is 12.6. The summed E-state index contributed by atoms with van der Waals surface area (Å²) in [5.74, 6) is -0.193. The molecule has 1 aliphatic heterocycles. The van der Waals surface area contributed by atoms with Crippen LogP contribution in [0.1, 0.15) is 55.8 Å². The molecule has 0 radical (unpaired) electrons. The molecule has 26 heavy (non-hydrogen) atoms. The maximum Gasteiger partial charge on any atom is 0.325 e. The standard InChI is InChI=1S/C20H26N2O4/c23-15(12-22-18(24)20(21-19(22)25)10-3-4-11-20)13-26-17-9-5-7-14-6-1-2-8-16(14)17/h1-2,6,8,15,17,23H,3-5,7,9-13H2,(H,21,25). The summed E-state index contributed by atoms with van der Waals surface area (Å²) in [4.78, 5) is 26.0. The summed E-state index contributed by atoms with van der Waals surface area (Å²) in [7, 11) is 0. The summed E-state index contributed by atoms with van der Waals surface area (Å²) >= 11 is 0. The Morgan fingerprint density at radius 3 is 2.81 bits per heavy atom. The van der Waals surface area contributed by atoms with Crippen LogP contribution >= 0.6 is 0 Å². The first kappa shape index (κ1) is 17.5. The number of urea groups is 1. The quantitative estimate of drug-likeness (QED) is 0.792. The molecule has 3 amide bonds. The highest BCUT2D eigenvalue weighted by Crippen LogP contribution is 2.35. The van der Waals surface area contributed by atoms with Crippen molar-refractivity contribution in [3.63, 3.8) is 0 Å². The topological polar surface area (TPSA) is 78.9 Å². The second-order valence-corrected chi connectivity index (χ2v) is 7.70. The highest BCUT2D eigenvalue weighted by molar-refractivity contribution is 6.07. The zero-order valence-corrected chi connectivity index (χ0v) is 14.9. The molecule has 0 aromatic heterocycles. The number of nitrogens with zero attached hydrogens (tertiary/aromatic N) is 1. The van der Waals surface area contributed by atoms with Crippen molar-refractivity contribution in [1.82, 2.24) is 10.2 Å². The van der Waals surface area contributed by atoms with Crippen LogP contribution in [0.2, 0.25) is 0 Å². The SMILES string of the molecule is O=C1NC2(CCCC2)C(=O)N1CC(O)COC1CCCc2ccccc21. The molecule has 1 aromatic rings. The van der Waals surface area contributed by atoms with Gasteiger partial charge in [0.2, 0.25) is 0 Å². The number of ether oxygens (including phenoxy) is 1. The van der Waals surface area contributed by atoms with Gasteiger partial charge in [-0.2, -0.15) is 0 Å². The molecule has 2 atom stereocenters. The number of amides is 3. The van der Waals surface area contributed by atoms with Crippen molar-refractivity contribution in [2.24, 2.45) is 0 Å². The number of β-amino-alcohol motifs (C(OH)–C–C–N with tert-alkyl or cyclic N) is 1. The van der Waals surface area contributed by atoms with Gasteiger partial charge in [0, 0.05) is 0 Å². The molecule has 0 bridgehead atoms. The number of aliphatic hydroxyl groups is 1. The normalized spacial score (nSPS) is 25.4. The number of aryl methyl sites for hydroxylation is 1. The van der Waals surface area contributed by atoms with E-state index in [1.165, 1.54) is 11.1 Å². The largest absolute Gasteiger partial charge is 0.389 e. The lowest BCUT2D eigenvalue weighted by Gasteiger charge is -2.27. The Kier molecular flexibility index (Phi) is 4.71. The molecule has 2 N–H and O–H groups in total. The van der Waals surface area contributed by atoms with Gasteiger partial charge in [0.05, 0.1) is 25.4 Å². The van der Waals surface area contributed by atoms with Crippen LogP contribution in [0.3, 0.4) is 0 Å². The van der Waals surface area contributed by atoms with Crippen molar-refractivity contribution in [3.05, 3.63) is 35.4 Å². The van der Waals surface area contributed by atoms with Gasteiger partial charge < -0.3 is 15.2 Å². The Labute approximate surface area is 153 Å². The van der Waals surface area contributed by atoms with Gasteiger partial charge in [-0.15, -0.1) is 0 Å². The van der Waals surface area contributed by atoms with E-state index >= 15 is 0 Å². The zero-order chi connectivity index (χ0) is 18.1. The van der Waals surface area contributed by atoms with Crippen molar-refractivity contribution in [2.45, 2.75) is 62.7 Å². The van der Waals surface area contributed by atoms with E-state index in [0.29, 0.717) is 12.8 Å². The number of fused-ring (bicyclic) bond motifs is 1. The van der Waals surface area contributed by atoms with Crippen LogP contribution < -0.4 is 5.32 Å². The molecular formula is C20H26N2O4. The Morgan fingerprint density at radius 2 is 2.00 bits per heavy atom. The third-order valence-electron chi connectivity index (χ3n) is 5.90. The van der Waals surface area contributed by atoms with Crippen molar-refractivity contribution >= 4 is 11.9 Å². The average molecular weight is 358 g/mol. The number of benzene rings is 1. The van der Waals surface area contributed by atoms with Gasteiger partial charge in [0.15, 0.2) is 0 Å². The van der Waals surface area contributed by atoms with Gasteiger partial charge in [-0.3, -0.25) is 9.69 Å². The van der Waals surface area contributed by atoms with E-state index in [1.807, 2.05) is 12.1 Å². The maximum absolute atomic E-state index is 12.6. The second kappa shape index (κ2) is 7.00. The minimum absolute atomic E-state index is 0.0131. The first-order valence-corrected chi connectivity index (χ1v) is 9.61. The van der Waals surface area contributed by atoms with E-state index in [-0.39, 0.29) is 31.2 Å². The number of carbonyl (C=O) groups excluding carboxylic acids is 2. The monoisotopic (exact) mass is 358 g/mol. The average Bonchev–Trinajstić information content (AvgIpc) is 3.21. The fourth-order valence-corrected chi connectivity index (χ4v) is 4.53. The van der Waals surface area contributed by atoms with Gasteiger partial charge in [0.25, 0.3) is 5.91 Å².